The zero-order chi connectivity index (χ0) is 15.5. The minimum atomic E-state index is 0.00660. The number of hydrogen-bond acceptors (Lipinski definition) is 2. The molecule has 0 aliphatic carbocycles. The summed E-state index contributed by atoms with van der Waals surface area (Å²) in [5.74, 6) is 0. The standard InChI is InChI=1S/C18H38O2/c1-7-11-13-17(5,6)19-16-14-18(9-3,10-4)20-15-12-8-2/h7-16H2,1-6H3. The Morgan fingerprint density at radius 3 is 1.80 bits per heavy atom. The Balaban J connectivity index is 4.19. The highest BCUT2D eigenvalue weighted by Gasteiger charge is 2.28. The quantitative estimate of drug-likeness (QED) is 0.402. The van der Waals surface area contributed by atoms with Crippen molar-refractivity contribution in [1.82, 2.24) is 0 Å². The van der Waals surface area contributed by atoms with Crippen molar-refractivity contribution in [3.05, 3.63) is 0 Å². The zero-order valence-electron chi connectivity index (χ0n) is 14.9. The third-order valence-electron chi connectivity index (χ3n) is 4.38. The van der Waals surface area contributed by atoms with Crippen LogP contribution in [0.15, 0.2) is 0 Å². The summed E-state index contributed by atoms with van der Waals surface area (Å²) in [6, 6.07) is 0. The van der Waals surface area contributed by atoms with Gasteiger partial charge in [0.15, 0.2) is 0 Å². The van der Waals surface area contributed by atoms with Gasteiger partial charge in [0.25, 0.3) is 0 Å². The Kier molecular flexibility index (Phi) is 10.6. The molecule has 0 radical (unpaired) electrons. The van der Waals surface area contributed by atoms with Crippen molar-refractivity contribution in [1.29, 1.82) is 0 Å². The predicted octanol–water partition coefficient (Wildman–Crippen LogP) is 5.74. The highest BCUT2D eigenvalue weighted by atomic mass is 16.5. The fraction of sp³-hybridized carbons (Fsp3) is 1.00. The van der Waals surface area contributed by atoms with E-state index < -0.39 is 0 Å². The third kappa shape index (κ3) is 8.26. The highest BCUT2D eigenvalue weighted by molar-refractivity contribution is 4.79. The Labute approximate surface area is 127 Å². The van der Waals surface area contributed by atoms with Gasteiger partial charge < -0.3 is 9.47 Å². The smallest absolute Gasteiger partial charge is 0.0699 e. The van der Waals surface area contributed by atoms with Crippen molar-refractivity contribution >= 4 is 0 Å². The van der Waals surface area contributed by atoms with Crippen molar-refractivity contribution in [2.24, 2.45) is 0 Å². The molecular weight excluding hydrogens is 248 g/mol. The van der Waals surface area contributed by atoms with E-state index in [9.17, 15) is 0 Å². The maximum absolute atomic E-state index is 6.18. The van der Waals surface area contributed by atoms with Crippen LogP contribution in [0.3, 0.4) is 0 Å². The van der Waals surface area contributed by atoms with E-state index in [0.29, 0.717) is 0 Å². The largest absolute Gasteiger partial charge is 0.375 e. The third-order valence-corrected chi connectivity index (χ3v) is 4.38. The molecule has 0 atom stereocenters. The molecule has 0 aromatic heterocycles. The summed E-state index contributed by atoms with van der Waals surface area (Å²) in [7, 11) is 0. The van der Waals surface area contributed by atoms with E-state index in [1.54, 1.807) is 0 Å². The summed E-state index contributed by atoms with van der Waals surface area (Å²) >= 11 is 0. The van der Waals surface area contributed by atoms with Crippen LogP contribution < -0.4 is 0 Å². The second-order valence-electron chi connectivity index (χ2n) is 6.55. The van der Waals surface area contributed by atoms with E-state index in [0.717, 1.165) is 45.3 Å². The SMILES string of the molecule is CCCCOC(CC)(CC)CCOC(C)(C)CCCC. The fourth-order valence-electron chi connectivity index (χ4n) is 2.50. The molecular formula is C18H38O2. The second-order valence-corrected chi connectivity index (χ2v) is 6.55. The number of ether oxygens (including phenoxy) is 2. The van der Waals surface area contributed by atoms with Crippen molar-refractivity contribution in [2.45, 2.75) is 104 Å². The van der Waals surface area contributed by atoms with E-state index in [4.69, 9.17) is 9.47 Å². The minimum Gasteiger partial charge on any atom is -0.375 e. The molecule has 2 heteroatoms. The lowest BCUT2D eigenvalue weighted by atomic mass is 9.93. The molecule has 0 saturated heterocycles. The molecule has 0 aromatic rings. The first-order chi connectivity index (χ1) is 9.45. The summed E-state index contributed by atoms with van der Waals surface area (Å²) in [6.45, 7) is 15.0. The first-order valence-electron chi connectivity index (χ1n) is 8.73. The summed E-state index contributed by atoms with van der Waals surface area (Å²) in [4.78, 5) is 0. The maximum Gasteiger partial charge on any atom is 0.0699 e. The lowest BCUT2D eigenvalue weighted by molar-refractivity contribution is -0.0948. The molecule has 0 heterocycles. The van der Waals surface area contributed by atoms with Crippen LogP contribution in [-0.2, 0) is 9.47 Å². The predicted molar refractivity (Wildman–Crippen MR) is 88.3 cm³/mol. The van der Waals surface area contributed by atoms with E-state index in [1.165, 1.54) is 19.3 Å². The van der Waals surface area contributed by atoms with Gasteiger partial charge in [-0.2, -0.15) is 0 Å². The van der Waals surface area contributed by atoms with Gasteiger partial charge in [0.05, 0.1) is 17.8 Å². The van der Waals surface area contributed by atoms with Crippen LogP contribution in [0.4, 0.5) is 0 Å². The van der Waals surface area contributed by atoms with Crippen molar-refractivity contribution in [3.63, 3.8) is 0 Å². The Morgan fingerprint density at radius 2 is 1.30 bits per heavy atom. The number of hydrogen-bond donors (Lipinski definition) is 0. The molecule has 0 aliphatic rings. The minimum absolute atomic E-state index is 0.00660. The van der Waals surface area contributed by atoms with Crippen molar-refractivity contribution in [2.75, 3.05) is 13.2 Å². The van der Waals surface area contributed by atoms with Gasteiger partial charge in [-0.1, -0.05) is 47.0 Å². The maximum atomic E-state index is 6.18. The van der Waals surface area contributed by atoms with Crippen LogP contribution >= 0.6 is 0 Å². The van der Waals surface area contributed by atoms with Crippen LogP contribution in [-0.4, -0.2) is 24.4 Å². The Bertz CT molecular complexity index is 219. The van der Waals surface area contributed by atoms with Crippen LogP contribution in [0.25, 0.3) is 0 Å². The van der Waals surface area contributed by atoms with Crippen LogP contribution in [0.5, 0.6) is 0 Å². The van der Waals surface area contributed by atoms with Gasteiger partial charge in [-0.15, -0.1) is 0 Å². The van der Waals surface area contributed by atoms with Gasteiger partial charge in [0, 0.05) is 6.61 Å². The van der Waals surface area contributed by atoms with E-state index >= 15 is 0 Å². The molecule has 20 heavy (non-hydrogen) atoms. The monoisotopic (exact) mass is 286 g/mol. The zero-order valence-corrected chi connectivity index (χ0v) is 14.9. The van der Waals surface area contributed by atoms with Crippen LogP contribution in [0, 0.1) is 0 Å². The van der Waals surface area contributed by atoms with Gasteiger partial charge in [0.2, 0.25) is 0 Å². The lowest BCUT2D eigenvalue weighted by Gasteiger charge is -2.34. The molecule has 0 aromatic carbocycles. The summed E-state index contributed by atoms with van der Waals surface area (Å²) in [5, 5.41) is 0. The number of unbranched alkanes of at least 4 members (excludes halogenated alkanes) is 2. The van der Waals surface area contributed by atoms with Gasteiger partial charge >= 0.3 is 0 Å². The van der Waals surface area contributed by atoms with E-state index in [-0.39, 0.29) is 11.2 Å². The average Bonchev–Trinajstić information content (AvgIpc) is 2.43. The normalized spacial score (nSPS) is 12.9. The number of rotatable bonds is 13. The highest BCUT2D eigenvalue weighted by Crippen LogP contribution is 2.27. The molecule has 0 fully saturated rings. The first-order valence-corrected chi connectivity index (χ1v) is 8.73. The van der Waals surface area contributed by atoms with Crippen LogP contribution in [0.1, 0.15) is 92.9 Å². The topological polar surface area (TPSA) is 18.5 Å². The van der Waals surface area contributed by atoms with Crippen LogP contribution in [0.2, 0.25) is 0 Å². The molecule has 0 bridgehead atoms. The molecule has 0 rings (SSSR count). The van der Waals surface area contributed by atoms with Crippen molar-refractivity contribution in [3.8, 4) is 0 Å². The van der Waals surface area contributed by atoms with E-state index in [2.05, 4.69) is 41.5 Å². The lowest BCUT2D eigenvalue weighted by Crippen LogP contribution is -2.35. The summed E-state index contributed by atoms with van der Waals surface area (Å²) in [5.41, 5.74) is 0.0304. The molecule has 0 aliphatic heterocycles. The molecule has 122 valence electrons. The van der Waals surface area contributed by atoms with Crippen molar-refractivity contribution < 1.29 is 9.47 Å². The summed E-state index contributed by atoms with van der Waals surface area (Å²) in [6.07, 6.45) is 9.14. The molecule has 0 spiro atoms. The molecule has 0 amide bonds. The second kappa shape index (κ2) is 10.6. The fourth-order valence-corrected chi connectivity index (χ4v) is 2.50. The molecule has 0 saturated carbocycles. The van der Waals surface area contributed by atoms with Gasteiger partial charge in [-0.3, -0.25) is 0 Å². The Hall–Kier alpha value is -0.0800. The summed E-state index contributed by atoms with van der Waals surface area (Å²) < 4.78 is 12.3. The molecule has 0 N–H and O–H groups in total. The van der Waals surface area contributed by atoms with Gasteiger partial charge in [0.1, 0.15) is 0 Å². The Morgan fingerprint density at radius 1 is 0.700 bits per heavy atom. The van der Waals surface area contributed by atoms with Gasteiger partial charge in [-0.25, -0.2) is 0 Å². The first kappa shape index (κ1) is 19.9. The van der Waals surface area contributed by atoms with E-state index in [1.807, 2.05) is 0 Å². The van der Waals surface area contributed by atoms with Gasteiger partial charge in [-0.05, 0) is 46.0 Å². The average molecular weight is 286 g/mol. The molecule has 2 nitrogen and oxygen atoms in total. The molecule has 0 unspecified atom stereocenters.